The summed E-state index contributed by atoms with van der Waals surface area (Å²) in [6, 6.07) is 0. The molecule has 1 aliphatic rings. The van der Waals surface area contributed by atoms with Crippen LogP contribution in [0.25, 0.3) is 0 Å². The van der Waals surface area contributed by atoms with Gasteiger partial charge in [-0.15, -0.1) is 0 Å². The molecule has 2 N–H and O–H groups in total. The third-order valence-electron chi connectivity index (χ3n) is 3.79. The number of nitrogens with two attached hydrogens (primary N) is 1. The van der Waals surface area contributed by atoms with Crippen molar-refractivity contribution in [2.45, 2.75) is 52.0 Å². The highest BCUT2D eigenvalue weighted by Gasteiger charge is 2.37. The van der Waals surface area contributed by atoms with Crippen LogP contribution >= 0.6 is 0 Å². The van der Waals surface area contributed by atoms with Crippen LogP contribution in [0.4, 0.5) is 0 Å². The van der Waals surface area contributed by atoms with Gasteiger partial charge < -0.3 is 5.73 Å². The molecule has 0 unspecified atom stereocenters. The quantitative estimate of drug-likeness (QED) is 0.821. The molecule has 0 radical (unpaired) electrons. The highest BCUT2D eigenvalue weighted by Crippen LogP contribution is 2.36. The Morgan fingerprint density at radius 3 is 2.53 bits per heavy atom. The summed E-state index contributed by atoms with van der Waals surface area (Å²) in [5.41, 5.74) is 11.5. The zero-order valence-corrected chi connectivity index (χ0v) is 9.93. The lowest BCUT2D eigenvalue weighted by atomic mass is 9.98. The van der Waals surface area contributed by atoms with Crippen molar-refractivity contribution in [2.24, 2.45) is 5.73 Å². The van der Waals surface area contributed by atoms with Crippen LogP contribution < -0.4 is 5.73 Å². The van der Waals surface area contributed by atoms with Gasteiger partial charge in [-0.25, -0.2) is 0 Å². The van der Waals surface area contributed by atoms with Gasteiger partial charge in [0.15, 0.2) is 0 Å². The standard InChI is InChI=1S/C13H20N2/c1-9-10(2)12(8-15-11(9)3)4-5-13(14)6-7-13/h8H,4-7,14H2,1-3H3. The smallest absolute Gasteiger partial charge is 0.0404 e. The molecule has 0 atom stereocenters. The number of hydrogen-bond donors (Lipinski definition) is 1. The molecule has 1 aliphatic carbocycles. The van der Waals surface area contributed by atoms with Crippen molar-refractivity contribution < 1.29 is 0 Å². The normalized spacial score (nSPS) is 17.9. The largest absolute Gasteiger partial charge is 0.325 e. The molecule has 0 aromatic carbocycles. The maximum Gasteiger partial charge on any atom is 0.0404 e. The molecule has 0 amide bonds. The molecule has 1 saturated carbocycles. The van der Waals surface area contributed by atoms with Crippen LogP contribution in [-0.2, 0) is 6.42 Å². The first kappa shape index (κ1) is 10.6. The van der Waals surface area contributed by atoms with E-state index in [1.165, 1.54) is 29.5 Å². The Labute approximate surface area is 91.9 Å². The summed E-state index contributed by atoms with van der Waals surface area (Å²) in [5.74, 6) is 0. The maximum absolute atomic E-state index is 6.09. The summed E-state index contributed by atoms with van der Waals surface area (Å²) in [5, 5.41) is 0. The molecule has 2 nitrogen and oxygen atoms in total. The molecule has 1 aromatic heterocycles. The summed E-state index contributed by atoms with van der Waals surface area (Å²) in [7, 11) is 0. The second kappa shape index (κ2) is 3.60. The van der Waals surface area contributed by atoms with Gasteiger partial charge in [0, 0.05) is 17.4 Å². The molecule has 15 heavy (non-hydrogen) atoms. The third kappa shape index (κ3) is 2.20. The second-order valence-electron chi connectivity index (χ2n) is 4.98. The van der Waals surface area contributed by atoms with Crippen molar-refractivity contribution in [3.05, 3.63) is 28.6 Å². The van der Waals surface area contributed by atoms with Crippen molar-refractivity contribution in [2.75, 3.05) is 0 Å². The van der Waals surface area contributed by atoms with Crippen molar-refractivity contribution in [3.63, 3.8) is 0 Å². The lowest BCUT2D eigenvalue weighted by Gasteiger charge is -2.12. The fourth-order valence-electron chi connectivity index (χ4n) is 1.93. The number of aryl methyl sites for hydroxylation is 2. The van der Waals surface area contributed by atoms with Gasteiger partial charge in [-0.1, -0.05) is 0 Å². The predicted molar refractivity (Wildman–Crippen MR) is 62.9 cm³/mol. The monoisotopic (exact) mass is 204 g/mol. The fourth-order valence-corrected chi connectivity index (χ4v) is 1.93. The zero-order valence-electron chi connectivity index (χ0n) is 9.93. The van der Waals surface area contributed by atoms with E-state index in [1.54, 1.807) is 0 Å². The van der Waals surface area contributed by atoms with Crippen molar-refractivity contribution in [3.8, 4) is 0 Å². The summed E-state index contributed by atoms with van der Waals surface area (Å²) >= 11 is 0. The van der Waals surface area contributed by atoms with E-state index >= 15 is 0 Å². The van der Waals surface area contributed by atoms with E-state index in [4.69, 9.17) is 5.73 Å². The molecule has 0 aliphatic heterocycles. The molecule has 82 valence electrons. The van der Waals surface area contributed by atoms with E-state index in [0.717, 1.165) is 18.5 Å². The number of pyridine rings is 1. The van der Waals surface area contributed by atoms with Gasteiger partial charge >= 0.3 is 0 Å². The van der Waals surface area contributed by atoms with Crippen molar-refractivity contribution in [1.29, 1.82) is 0 Å². The summed E-state index contributed by atoms with van der Waals surface area (Å²) in [4.78, 5) is 4.42. The lowest BCUT2D eigenvalue weighted by Crippen LogP contribution is -2.22. The number of aromatic nitrogens is 1. The van der Waals surface area contributed by atoms with Crippen LogP contribution in [0.15, 0.2) is 6.20 Å². The van der Waals surface area contributed by atoms with Gasteiger partial charge in [0.05, 0.1) is 0 Å². The van der Waals surface area contributed by atoms with Crippen LogP contribution in [0, 0.1) is 20.8 Å². The summed E-state index contributed by atoms with van der Waals surface area (Å²) in [6.07, 6.45) is 6.60. The topological polar surface area (TPSA) is 38.9 Å². The minimum Gasteiger partial charge on any atom is -0.325 e. The van der Waals surface area contributed by atoms with E-state index < -0.39 is 0 Å². The first-order chi connectivity index (χ1) is 7.02. The molecule has 2 heteroatoms. The molecule has 1 aromatic rings. The van der Waals surface area contributed by atoms with Crippen LogP contribution in [0.5, 0.6) is 0 Å². The van der Waals surface area contributed by atoms with E-state index in [9.17, 15) is 0 Å². The Morgan fingerprint density at radius 2 is 1.93 bits per heavy atom. The van der Waals surface area contributed by atoms with Crippen LogP contribution in [0.2, 0.25) is 0 Å². The van der Waals surface area contributed by atoms with Crippen molar-refractivity contribution >= 4 is 0 Å². The third-order valence-corrected chi connectivity index (χ3v) is 3.79. The Morgan fingerprint density at radius 1 is 1.27 bits per heavy atom. The predicted octanol–water partition coefficient (Wildman–Crippen LogP) is 2.43. The van der Waals surface area contributed by atoms with Gasteiger partial charge in [-0.2, -0.15) is 0 Å². The molecular weight excluding hydrogens is 184 g/mol. The molecule has 1 heterocycles. The average Bonchev–Trinajstić information content (AvgIpc) is 2.93. The van der Waals surface area contributed by atoms with Crippen LogP contribution in [0.1, 0.15) is 41.6 Å². The summed E-state index contributed by atoms with van der Waals surface area (Å²) < 4.78 is 0. The number of hydrogen-bond acceptors (Lipinski definition) is 2. The van der Waals surface area contributed by atoms with Crippen LogP contribution in [-0.4, -0.2) is 10.5 Å². The molecule has 0 saturated heterocycles. The molecule has 0 bridgehead atoms. The molecule has 2 rings (SSSR count). The van der Waals surface area contributed by atoms with Gasteiger partial charge in [-0.05, 0) is 63.1 Å². The van der Waals surface area contributed by atoms with Crippen molar-refractivity contribution in [1.82, 2.24) is 4.98 Å². The van der Waals surface area contributed by atoms with E-state index in [2.05, 4.69) is 25.8 Å². The van der Waals surface area contributed by atoms with E-state index in [0.29, 0.717) is 0 Å². The van der Waals surface area contributed by atoms with Gasteiger partial charge in [0.1, 0.15) is 0 Å². The Bertz CT molecular complexity index is 378. The Balaban J connectivity index is 2.11. The molecule has 1 fully saturated rings. The fraction of sp³-hybridized carbons (Fsp3) is 0.615. The first-order valence-corrected chi connectivity index (χ1v) is 5.72. The maximum atomic E-state index is 6.09. The number of rotatable bonds is 3. The zero-order chi connectivity index (χ0) is 11.1. The highest BCUT2D eigenvalue weighted by molar-refractivity contribution is 5.34. The van der Waals surface area contributed by atoms with E-state index in [-0.39, 0.29) is 5.54 Å². The van der Waals surface area contributed by atoms with Gasteiger partial charge in [0.2, 0.25) is 0 Å². The first-order valence-electron chi connectivity index (χ1n) is 5.72. The number of nitrogens with zero attached hydrogens (tertiary/aromatic N) is 1. The molecule has 0 spiro atoms. The van der Waals surface area contributed by atoms with E-state index in [1.807, 2.05) is 6.20 Å². The lowest BCUT2D eigenvalue weighted by molar-refractivity contribution is 0.607. The van der Waals surface area contributed by atoms with Gasteiger partial charge in [-0.3, -0.25) is 4.98 Å². The Kier molecular flexibility index (Phi) is 2.55. The second-order valence-corrected chi connectivity index (χ2v) is 4.98. The Hall–Kier alpha value is -0.890. The molecular formula is C13H20N2. The average molecular weight is 204 g/mol. The van der Waals surface area contributed by atoms with Crippen LogP contribution in [0.3, 0.4) is 0 Å². The minimum atomic E-state index is 0.158. The summed E-state index contributed by atoms with van der Waals surface area (Å²) in [6.45, 7) is 6.41. The highest BCUT2D eigenvalue weighted by atomic mass is 14.8. The van der Waals surface area contributed by atoms with Gasteiger partial charge in [0.25, 0.3) is 0 Å². The minimum absolute atomic E-state index is 0.158. The SMILES string of the molecule is Cc1ncc(CCC2(N)CC2)c(C)c1C.